The monoisotopic (exact) mass is 370 g/mol. The molecule has 0 aliphatic heterocycles. The molecule has 0 amide bonds. The average molecular weight is 370 g/mol. The van der Waals surface area contributed by atoms with E-state index in [-0.39, 0.29) is 5.25 Å². The van der Waals surface area contributed by atoms with Crippen LogP contribution in [-0.2, 0) is 10.0 Å². The van der Waals surface area contributed by atoms with E-state index in [0.717, 1.165) is 29.5 Å². The number of benzene rings is 2. The molecule has 1 aromatic heterocycles. The van der Waals surface area contributed by atoms with Crippen LogP contribution in [0.15, 0.2) is 54.7 Å². The molecular weight excluding hydrogens is 352 g/mol. The molecule has 4 rings (SSSR count). The van der Waals surface area contributed by atoms with Crippen LogP contribution < -0.4 is 14.2 Å². The van der Waals surface area contributed by atoms with E-state index in [2.05, 4.69) is 9.71 Å². The second kappa shape index (κ2) is 6.49. The Hall–Kier alpha value is -2.80. The number of anilines is 1. The molecule has 0 bridgehead atoms. The van der Waals surface area contributed by atoms with E-state index >= 15 is 0 Å². The van der Waals surface area contributed by atoms with Gasteiger partial charge < -0.3 is 9.47 Å². The second-order valence-corrected chi connectivity index (χ2v) is 8.13. The molecule has 7 heteroatoms. The minimum absolute atomic E-state index is 0.251. The zero-order chi connectivity index (χ0) is 18.1. The molecular formula is C19H18N2O4S. The van der Waals surface area contributed by atoms with Crippen molar-refractivity contribution in [2.45, 2.75) is 18.1 Å². The highest BCUT2D eigenvalue weighted by Crippen LogP contribution is 2.32. The maximum Gasteiger partial charge on any atom is 0.235 e. The van der Waals surface area contributed by atoms with Crippen molar-refractivity contribution >= 4 is 26.6 Å². The molecule has 1 fully saturated rings. The zero-order valence-corrected chi connectivity index (χ0v) is 15.0. The summed E-state index contributed by atoms with van der Waals surface area (Å²) in [5.41, 5.74) is 1.31. The summed E-state index contributed by atoms with van der Waals surface area (Å²) in [5.74, 6) is 2.01. The summed E-state index contributed by atoms with van der Waals surface area (Å²) >= 11 is 0. The molecule has 2 aromatic carbocycles. The fraction of sp³-hybridized carbons (Fsp3) is 0.211. The van der Waals surface area contributed by atoms with Crippen molar-refractivity contribution < 1.29 is 17.9 Å². The summed E-state index contributed by atoms with van der Waals surface area (Å²) in [7, 11) is -1.65. The van der Waals surface area contributed by atoms with E-state index in [1.165, 1.54) is 0 Å². The molecule has 0 unspecified atom stereocenters. The fourth-order valence-electron chi connectivity index (χ4n) is 2.66. The Morgan fingerprint density at radius 1 is 1.04 bits per heavy atom. The van der Waals surface area contributed by atoms with Crippen molar-refractivity contribution in [3.05, 3.63) is 54.7 Å². The number of ether oxygens (including phenoxy) is 2. The second-order valence-electron chi connectivity index (χ2n) is 6.17. The van der Waals surface area contributed by atoms with E-state index in [4.69, 9.17) is 9.47 Å². The highest BCUT2D eigenvalue weighted by molar-refractivity contribution is 7.93. The summed E-state index contributed by atoms with van der Waals surface area (Å²) in [6.45, 7) is 0. The van der Waals surface area contributed by atoms with Crippen molar-refractivity contribution in [2.24, 2.45) is 0 Å². The molecule has 1 aliphatic rings. The number of fused-ring (bicyclic) bond motifs is 1. The number of sulfonamides is 1. The molecule has 6 nitrogen and oxygen atoms in total. The molecule has 0 saturated heterocycles. The van der Waals surface area contributed by atoms with Gasteiger partial charge in [-0.1, -0.05) is 0 Å². The van der Waals surface area contributed by atoms with Crippen LogP contribution in [0.5, 0.6) is 17.2 Å². The van der Waals surface area contributed by atoms with Gasteiger partial charge in [-0.2, -0.15) is 0 Å². The van der Waals surface area contributed by atoms with Crippen molar-refractivity contribution in [2.75, 3.05) is 11.8 Å². The van der Waals surface area contributed by atoms with Crippen LogP contribution in [0, 0.1) is 0 Å². The Morgan fingerprint density at radius 2 is 1.77 bits per heavy atom. The first-order valence-electron chi connectivity index (χ1n) is 8.27. The van der Waals surface area contributed by atoms with Crippen molar-refractivity contribution in [1.29, 1.82) is 0 Å². The van der Waals surface area contributed by atoms with Crippen LogP contribution in [0.3, 0.4) is 0 Å². The van der Waals surface area contributed by atoms with Gasteiger partial charge in [0.2, 0.25) is 10.0 Å². The molecule has 0 atom stereocenters. The first-order valence-corrected chi connectivity index (χ1v) is 9.82. The molecule has 26 heavy (non-hydrogen) atoms. The predicted octanol–water partition coefficient (Wildman–Crippen LogP) is 3.94. The van der Waals surface area contributed by atoms with Gasteiger partial charge in [-0.3, -0.25) is 9.71 Å². The molecule has 1 heterocycles. The van der Waals surface area contributed by atoms with Crippen LogP contribution in [0.2, 0.25) is 0 Å². The minimum atomic E-state index is -3.26. The first kappa shape index (κ1) is 16.7. The number of nitrogens with one attached hydrogen (secondary N) is 1. The molecule has 1 saturated carbocycles. The Morgan fingerprint density at radius 3 is 2.46 bits per heavy atom. The quantitative estimate of drug-likeness (QED) is 0.711. The number of hydrogen-bond donors (Lipinski definition) is 1. The van der Waals surface area contributed by atoms with Gasteiger partial charge >= 0.3 is 0 Å². The molecule has 134 valence electrons. The summed E-state index contributed by atoms with van der Waals surface area (Å²) < 4.78 is 37.7. The van der Waals surface area contributed by atoms with E-state index < -0.39 is 10.0 Å². The molecule has 0 radical (unpaired) electrons. The topological polar surface area (TPSA) is 77.5 Å². The smallest absolute Gasteiger partial charge is 0.235 e. The lowest BCUT2D eigenvalue weighted by molar-refractivity contribution is 0.415. The predicted molar refractivity (Wildman–Crippen MR) is 100 cm³/mol. The largest absolute Gasteiger partial charge is 0.497 e. The first-order chi connectivity index (χ1) is 12.5. The number of methoxy groups -OCH3 is 1. The number of rotatable bonds is 6. The van der Waals surface area contributed by atoms with E-state index in [1.54, 1.807) is 43.6 Å². The lowest BCUT2D eigenvalue weighted by Gasteiger charge is -2.11. The lowest BCUT2D eigenvalue weighted by atomic mass is 10.2. The number of aromatic nitrogens is 1. The number of pyridine rings is 1. The summed E-state index contributed by atoms with van der Waals surface area (Å²) in [4.78, 5) is 4.33. The Bertz CT molecular complexity index is 1040. The van der Waals surface area contributed by atoms with E-state index in [9.17, 15) is 8.42 Å². The van der Waals surface area contributed by atoms with Crippen LogP contribution in [0.4, 0.5) is 5.69 Å². The highest BCUT2D eigenvalue weighted by atomic mass is 32.2. The van der Waals surface area contributed by atoms with Gasteiger partial charge in [-0.25, -0.2) is 8.42 Å². The average Bonchev–Trinajstić information content (AvgIpc) is 3.49. The number of hydrogen-bond acceptors (Lipinski definition) is 5. The Labute approximate surface area is 151 Å². The van der Waals surface area contributed by atoms with Crippen LogP contribution in [-0.4, -0.2) is 25.8 Å². The third-order valence-corrected chi connectivity index (χ3v) is 6.08. The number of nitrogens with zero attached hydrogens (tertiary/aromatic N) is 1. The zero-order valence-electron chi connectivity index (χ0n) is 14.2. The van der Waals surface area contributed by atoms with Crippen molar-refractivity contribution in [3.63, 3.8) is 0 Å². The summed E-state index contributed by atoms with van der Waals surface area (Å²) in [6, 6.07) is 14.3. The van der Waals surface area contributed by atoms with E-state index in [1.807, 2.05) is 18.2 Å². The van der Waals surface area contributed by atoms with Crippen molar-refractivity contribution in [3.8, 4) is 17.2 Å². The maximum atomic E-state index is 12.0. The Kier molecular flexibility index (Phi) is 4.16. The SMILES string of the molecule is COc1ccc2c(Oc3ccc(NS(=O)(=O)C4CC4)cc3)ccnc2c1. The van der Waals surface area contributed by atoms with Crippen LogP contribution >= 0.6 is 0 Å². The minimum Gasteiger partial charge on any atom is -0.497 e. The van der Waals surface area contributed by atoms with Gasteiger partial charge in [-0.15, -0.1) is 0 Å². The van der Waals surface area contributed by atoms with Gasteiger partial charge in [0.05, 0.1) is 17.9 Å². The lowest BCUT2D eigenvalue weighted by Crippen LogP contribution is -2.17. The van der Waals surface area contributed by atoms with Gasteiger partial charge in [-0.05, 0) is 55.3 Å². The van der Waals surface area contributed by atoms with Gasteiger partial charge in [0.25, 0.3) is 0 Å². The third kappa shape index (κ3) is 3.43. The standard InChI is InChI=1S/C19H18N2O4S/c1-24-15-6-9-17-18(12-15)20-11-10-19(17)25-14-4-2-13(3-5-14)21-26(22,23)16-7-8-16/h2-6,9-12,16,21H,7-8H2,1H3. The normalized spacial score (nSPS) is 14.2. The molecule has 3 aromatic rings. The molecule has 1 aliphatic carbocycles. The van der Waals surface area contributed by atoms with Gasteiger partial charge in [0, 0.05) is 23.3 Å². The highest BCUT2D eigenvalue weighted by Gasteiger charge is 2.35. The van der Waals surface area contributed by atoms with Crippen LogP contribution in [0.1, 0.15) is 12.8 Å². The van der Waals surface area contributed by atoms with Gasteiger partial charge in [0.15, 0.2) is 0 Å². The fourth-order valence-corrected chi connectivity index (χ4v) is 4.05. The summed E-state index contributed by atoms with van der Waals surface area (Å²) in [5, 5.41) is 0.616. The summed E-state index contributed by atoms with van der Waals surface area (Å²) in [6.07, 6.45) is 3.14. The molecule has 1 N–H and O–H groups in total. The third-order valence-electron chi connectivity index (χ3n) is 4.22. The Balaban J connectivity index is 1.55. The van der Waals surface area contributed by atoms with E-state index in [0.29, 0.717) is 17.2 Å². The van der Waals surface area contributed by atoms with Crippen LogP contribution in [0.25, 0.3) is 10.9 Å². The van der Waals surface area contributed by atoms with Crippen molar-refractivity contribution in [1.82, 2.24) is 4.98 Å². The van der Waals surface area contributed by atoms with Gasteiger partial charge in [0.1, 0.15) is 17.2 Å². The maximum absolute atomic E-state index is 12.0. The molecule has 0 spiro atoms.